The molecule has 2 aromatic carbocycles. The Morgan fingerprint density at radius 3 is 2.77 bits per heavy atom. The van der Waals surface area contributed by atoms with Crippen LogP contribution in [0.25, 0.3) is 17.1 Å². The molecule has 3 aromatic rings. The number of aromatic nitrogens is 2. The standard InChI is InChI=1S/C21H24N2O3/c1-3-7-16-10-11-19(20(14-16)25-2)26-13-6-12-23-18-9-5-4-8-17(18)22-21(23)15-24/h3-5,7-11,14,24H,6,12-13,15H2,1-2H3/b7-3+. The normalized spacial score (nSPS) is 11.3. The second-order valence-corrected chi connectivity index (χ2v) is 5.94. The number of fused-ring (bicyclic) bond motifs is 1. The third kappa shape index (κ3) is 3.89. The number of aryl methyl sites for hydroxylation is 1. The molecule has 0 bridgehead atoms. The van der Waals surface area contributed by atoms with Crippen molar-refractivity contribution in [1.29, 1.82) is 0 Å². The highest BCUT2D eigenvalue weighted by atomic mass is 16.5. The Bertz CT molecular complexity index is 899. The monoisotopic (exact) mass is 352 g/mol. The number of nitrogens with zero attached hydrogens (tertiary/aromatic N) is 2. The lowest BCUT2D eigenvalue weighted by atomic mass is 10.2. The third-order valence-corrected chi connectivity index (χ3v) is 4.21. The zero-order valence-electron chi connectivity index (χ0n) is 15.2. The summed E-state index contributed by atoms with van der Waals surface area (Å²) >= 11 is 0. The van der Waals surface area contributed by atoms with Crippen LogP contribution in [0.2, 0.25) is 0 Å². The second-order valence-electron chi connectivity index (χ2n) is 5.94. The van der Waals surface area contributed by atoms with Gasteiger partial charge < -0.3 is 19.1 Å². The van der Waals surface area contributed by atoms with Crippen LogP contribution in [-0.4, -0.2) is 28.4 Å². The van der Waals surface area contributed by atoms with E-state index in [4.69, 9.17) is 9.47 Å². The molecule has 5 nitrogen and oxygen atoms in total. The van der Waals surface area contributed by atoms with Crippen molar-refractivity contribution in [3.63, 3.8) is 0 Å². The predicted molar refractivity (Wildman–Crippen MR) is 103 cm³/mol. The lowest BCUT2D eigenvalue weighted by Crippen LogP contribution is -2.08. The van der Waals surface area contributed by atoms with Crippen LogP contribution in [0.1, 0.15) is 24.7 Å². The van der Waals surface area contributed by atoms with Gasteiger partial charge in [-0.2, -0.15) is 0 Å². The number of para-hydroxylation sites is 2. The van der Waals surface area contributed by atoms with E-state index in [0.29, 0.717) is 12.4 Å². The molecule has 0 radical (unpaired) electrons. The zero-order chi connectivity index (χ0) is 18.4. The van der Waals surface area contributed by atoms with Gasteiger partial charge in [0.05, 0.1) is 24.8 Å². The largest absolute Gasteiger partial charge is 0.493 e. The first-order valence-corrected chi connectivity index (χ1v) is 8.75. The average Bonchev–Trinajstić information content (AvgIpc) is 3.04. The molecule has 0 saturated heterocycles. The summed E-state index contributed by atoms with van der Waals surface area (Å²) in [6.07, 6.45) is 4.81. The highest BCUT2D eigenvalue weighted by molar-refractivity contribution is 5.75. The van der Waals surface area contributed by atoms with E-state index in [1.54, 1.807) is 7.11 Å². The van der Waals surface area contributed by atoms with Crippen molar-refractivity contribution in [3.8, 4) is 11.5 Å². The van der Waals surface area contributed by atoms with Gasteiger partial charge in [-0.3, -0.25) is 0 Å². The van der Waals surface area contributed by atoms with E-state index in [1.807, 2.05) is 66.1 Å². The third-order valence-electron chi connectivity index (χ3n) is 4.21. The minimum atomic E-state index is -0.0736. The van der Waals surface area contributed by atoms with Gasteiger partial charge in [0.2, 0.25) is 0 Å². The van der Waals surface area contributed by atoms with Crippen molar-refractivity contribution in [2.75, 3.05) is 13.7 Å². The van der Waals surface area contributed by atoms with Crippen LogP contribution in [0, 0.1) is 0 Å². The van der Waals surface area contributed by atoms with Crippen LogP contribution in [-0.2, 0) is 13.2 Å². The van der Waals surface area contributed by atoms with E-state index in [-0.39, 0.29) is 6.61 Å². The number of methoxy groups -OCH3 is 1. The van der Waals surface area contributed by atoms with E-state index in [0.717, 1.165) is 41.1 Å². The molecule has 0 saturated carbocycles. The van der Waals surface area contributed by atoms with Crippen LogP contribution in [0.15, 0.2) is 48.5 Å². The fourth-order valence-corrected chi connectivity index (χ4v) is 3.00. The lowest BCUT2D eigenvalue weighted by molar-refractivity contribution is 0.259. The minimum Gasteiger partial charge on any atom is -0.493 e. The van der Waals surface area contributed by atoms with Gasteiger partial charge >= 0.3 is 0 Å². The van der Waals surface area contributed by atoms with Crippen LogP contribution in [0.5, 0.6) is 11.5 Å². The number of benzene rings is 2. The van der Waals surface area contributed by atoms with Crippen molar-refractivity contribution < 1.29 is 14.6 Å². The number of allylic oxidation sites excluding steroid dienone is 1. The number of aliphatic hydroxyl groups is 1. The first-order valence-electron chi connectivity index (χ1n) is 8.75. The molecule has 0 atom stereocenters. The molecule has 1 heterocycles. The molecule has 0 aliphatic rings. The summed E-state index contributed by atoms with van der Waals surface area (Å²) in [6.45, 7) is 3.19. The molecule has 3 rings (SSSR count). The Hall–Kier alpha value is -2.79. The topological polar surface area (TPSA) is 56.5 Å². The maximum Gasteiger partial charge on any atom is 0.161 e. The van der Waals surface area contributed by atoms with Crippen molar-refractivity contribution in [3.05, 3.63) is 59.9 Å². The fourth-order valence-electron chi connectivity index (χ4n) is 3.00. The highest BCUT2D eigenvalue weighted by Gasteiger charge is 2.10. The lowest BCUT2D eigenvalue weighted by Gasteiger charge is -2.12. The molecule has 1 aromatic heterocycles. The Morgan fingerprint density at radius 2 is 2.00 bits per heavy atom. The van der Waals surface area contributed by atoms with E-state index in [1.165, 1.54) is 0 Å². The molecule has 0 aliphatic carbocycles. The Kier molecular flexibility index (Phi) is 5.92. The number of hydrogen-bond donors (Lipinski definition) is 1. The molecule has 0 aliphatic heterocycles. The summed E-state index contributed by atoms with van der Waals surface area (Å²) in [7, 11) is 1.65. The van der Waals surface area contributed by atoms with Gasteiger partial charge in [0.1, 0.15) is 12.4 Å². The maximum atomic E-state index is 9.56. The molecule has 0 amide bonds. The fraction of sp³-hybridized carbons (Fsp3) is 0.286. The molecule has 0 spiro atoms. The van der Waals surface area contributed by atoms with Gasteiger partial charge in [0, 0.05) is 6.54 Å². The Balaban J connectivity index is 1.64. The Labute approximate surface area is 153 Å². The summed E-state index contributed by atoms with van der Waals surface area (Å²) in [5.41, 5.74) is 3.01. The van der Waals surface area contributed by atoms with Crippen LogP contribution in [0.4, 0.5) is 0 Å². The summed E-state index contributed by atoms with van der Waals surface area (Å²) in [5, 5.41) is 9.56. The van der Waals surface area contributed by atoms with Crippen molar-refractivity contribution in [2.24, 2.45) is 0 Å². The number of imidazole rings is 1. The van der Waals surface area contributed by atoms with Gasteiger partial charge in [-0.15, -0.1) is 0 Å². The van der Waals surface area contributed by atoms with Gasteiger partial charge in [-0.05, 0) is 43.2 Å². The van der Waals surface area contributed by atoms with Crippen molar-refractivity contribution in [1.82, 2.24) is 9.55 Å². The molecule has 5 heteroatoms. The van der Waals surface area contributed by atoms with Crippen LogP contribution in [0.3, 0.4) is 0 Å². The van der Waals surface area contributed by atoms with E-state index < -0.39 is 0 Å². The van der Waals surface area contributed by atoms with Gasteiger partial charge in [-0.25, -0.2) is 4.98 Å². The molecular weight excluding hydrogens is 328 g/mol. The summed E-state index contributed by atoms with van der Waals surface area (Å²) in [5.74, 6) is 2.14. The van der Waals surface area contributed by atoms with Crippen LogP contribution < -0.4 is 9.47 Å². The molecular formula is C21H24N2O3. The van der Waals surface area contributed by atoms with E-state index >= 15 is 0 Å². The molecule has 1 N–H and O–H groups in total. The molecule has 0 fully saturated rings. The smallest absolute Gasteiger partial charge is 0.161 e. The maximum absolute atomic E-state index is 9.56. The summed E-state index contributed by atoms with van der Waals surface area (Å²) in [4.78, 5) is 4.47. The number of hydrogen-bond acceptors (Lipinski definition) is 4. The molecule has 0 unspecified atom stereocenters. The molecule has 26 heavy (non-hydrogen) atoms. The van der Waals surface area contributed by atoms with Crippen molar-refractivity contribution in [2.45, 2.75) is 26.5 Å². The van der Waals surface area contributed by atoms with Gasteiger partial charge in [0.25, 0.3) is 0 Å². The average molecular weight is 352 g/mol. The Morgan fingerprint density at radius 1 is 1.15 bits per heavy atom. The molecule has 136 valence electrons. The summed E-state index contributed by atoms with van der Waals surface area (Å²) < 4.78 is 13.4. The SMILES string of the molecule is C/C=C/c1ccc(OCCCn2c(CO)nc3ccccc32)c(OC)c1. The number of ether oxygens (including phenoxy) is 2. The first kappa shape index (κ1) is 18.0. The highest BCUT2D eigenvalue weighted by Crippen LogP contribution is 2.28. The summed E-state index contributed by atoms with van der Waals surface area (Å²) in [6, 6.07) is 13.8. The van der Waals surface area contributed by atoms with E-state index in [9.17, 15) is 5.11 Å². The minimum absolute atomic E-state index is 0.0736. The zero-order valence-corrected chi connectivity index (χ0v) is 15.2. The predicted octanol–water partition coefficient (Wildman–Crippen LogP) is 4.04. The van der Waals surface area contributed by atoms with Crippen molar-refractivity contribution >= 4 is 17.1 Å². The quantitative estimate of drug-likeness (QED) is 0.622. The van der Waals surface area contributed by atoms with Crippen LogP contribution >= 0.6 is 0 Å². The van der Waals surface area contributed by atoms with Gasteiger partial charge in [-0.1, -0.05) is 30.4 Å². The van der Waals surface area contributed by atoms with Gasteiger partial charge in [0.15, 0.2) is 11.5 Å². The van der Waals surface area contributed by atoms with E-state index in [2.05, 4.69) is 4.98 Å². The second kappa shape index (κ2) is 8.54. The number of rotatable bonds is 8. The first-order chi connectivity index (χ1) is 12.8. The number of aliphatic hydroxyl groups excluding tert-OH is 1.